The highest BCUT2D eigenvalue weighted by atomic mass is 32.2. The zero-order valence-electron chi connectivity index (χ0n) is 24.0. The van der Waals surface area contributed by atoms with E-state index in [1.165, 1.54) is 11.8 Å². The molecule has 0 saturated carbocycles. The molecule has 9 nitrogen and oxygen atoms in total. The second-order valence-electron chi connectivity index (χ2n) is 10.6. The number of aromatic nitrogens is 2. The van der Waals surface area contributed by atoms with E-state index in [9.17, 15) is 9.59 Å². The SMILES string of the molecule is COCCCNC(=O)CN1C(=O)CSC(c2ccccc2OC)c2c(C(C)(C)C)nn(-c3ccc(OC)cc3)c21. The zero-order chi connectivity index (χ0) is 28.9. The van der Waals surface area contributed by atoms with E-state index in [0.29, 0.717) is 31.1 Å². The van der Waals surface area contributed by atoms with Gasteiger partial charge in [-0.25, -0.2) is 4.68 Å². The molecule has 4 rings (SSSR count). The number of benzene rings is 2. The van der Waals surface area contributed by atoms with E-state index in [2.05, 4.69) is 26.1 Å². The minimum absolute atomic E-state index is 0.122. The Balaban J connectivity index is 1.93. The van der Waals surface area contributed by atoms with Gasteiger partial charge in [-0.3, -0.25) is 14.5 Å². The fourth-order valence-electron chi connectivity index (χ4n) is 4.75. The number of amides is 2. The number of fused-ring (bicyclic) bond motifs is 1. The summed E-state index contributed by atoms with van der Waals surface area (Å²) in [4.78, 5) is 28.5. The first-order valence-corrected chi connectivity index (χ1v) is 14.3. The highest BCUT2D eigenvalue weighted by Crippen LogP contribution is 2.50. The van der Waals surface area contributed by atoms with Gasteiger partial charge in [0.2, 0.25) is 11.8 Å². The molecule has 1 aromatic heterocycles. The molecule has 0 bridgehead atoms. The van der Waals surface area contributed by atoms with Gasteiger partial charge in [-0.05, 0) is 36.8 Å². The normalized spacial score (nSPS) is 15.4. The van der Waals surface area contributed by atoms with Crippen molar-refractivity contribution in [1.82, 2.24) is 15.1 Å². The number of para-hydroxylation sites is 1. The van der Waals surface area contributed by atoms with E-state index in [1.54, 1.807) is 30.9 Å². The molecule has 0 radical (unpaired) electrons. The second-order valence-corrected chi connectivity index (χ2v) is 11.6. The summed E-state index contributed by atoms with van der Waals surface area (Å²) in [5, 5.41) is 7.80. The number of hydrogen-bond donors (Lipinski definition) is 1. The van der Waals surface area contributed by atoms with Crippen molar-refractivity contribution >= 4 is 29.4 Å². The maximum absolute atomic E-state index is 13.8. The predicted octanol–water partition coefficient (Wildman–Crippen LogP) is 4.51. The van der Waals surface area contributed by atoms with Crippen molar-refractivity contribution in [2.75, 3.05) is 51.7 Å². The lowest BCUT2D eigenvalue weighted by molar-refractivity contribution is -0.122. The predicted molar refractivity (Wildman–Crippen MR) is 158 cm³/mol. The molecule has 0 spiro atoms. The van der Waals surface area contributed by atoms with Gasteiger partial charge in [0.05, 0.1) is 36.6 Å². The van der Waals surface area contributed by atoms with Crippen LogP contribution in [0, 0.1) is 0 Å². The molecule has 1 atom stereocenters. The summed E-state index contributed by atoms with van der Waals surface area (Å²) in [6.07, 6.45) is 0.686. The van der Waals surface area contributed by atoms with E-state index in [1.807, 2.05) is 48.5 Å². The van der Waals surface area contributed by atoms with Crippen molar-refractivity contribution in [3.05, 3.63) is 65.4 Å². The molecular formula is C30H38N4O5S. The molecule has 10 heteroatoms. The summed E-state index contributed by atoms with van der Waals surface area (Å²) in [5.41, 5.74) is 3.10. The Labute approximate surface area is 240 Å². The van der Waals surface area contributed by atoms with Crippen LogP contribution in [-0.4, -0.2) is 68.4 Å². The fraction of sp³-hybridized carbons (Fsp3) is 0.433. The number of carbonyl (C=O) groups is 2. The summed E-state index contributed by atoms with van der Waals surface area (Å²) >= 11 is 1.52. The quantitative estimate of drug-likeness (QED) is 0.361. The van der Waals surface area contributed by atoms with Crippen LogP contribution in [0.4, 0.5) is 5.82 Å². The Morgan fingerprint density at radius 1 is 1.07 bits per heavy atom. The number of hydrogen-bond acceptors (Lipinski definition) is 7. The van der Waals surface area contributed by atoms with Crippen molar-refractivity contribution in [2.24, 2.45) is 0 Å². The summed E-state index contributed by atoms with van der Waals surface area (Å²) in [7, 11) is 4.90. The molecular weight excluding hydrogens is 528 g/mol. The third kappa shape index (κ3) is 6.28. The van der Waals surface area contributed by atoms with Gasteiger partial charge in [0, 0.05) is 36.8 Å². The summed E-state index contributed by atoms with van der Waals surface area (Å²) < 4.78 is 18.0. The Morgan fingerprint density at radius 3 is 2.45 bits per heavy atom. The molecule has 1 aliphatic heterocycles. The van der Waals surface area contributed by atoms with Gasteiger partial charge in [-0.1, -0.05) is 39.0 Å². The number of rotatable bonds is 10. The van der Waals surface area contributed by atoms with E-state index in [0.717, 1.165) is 28.3 Å². The highest BCUT2D eigenvalue weighted by Gasteiger charge is 2.40. The van der Waals surface area contributed by atoms with Gasteiger partial charge in [0.15, 0.2) is 0 Å². The Bertz CT molecular complexity index is 1330. The Hall–Kier alpha value is -3.50. The van der Waals surface area contributed by atoms with Crippen LogP contribution in [0.1, 0.15) is 49.3 Å². The van der Waals surface area contributed by atoms with Crippen molar-refractivity contribution in [3.8, 4) is 17.2 Å². The second kappa shape index (κ2) is 12.8. The largest absolute Gasteiger partial charge is 0.497 e. The van der Waals surface area contributed by atoms with Gasteiger partial charge in [-0.2, -0.15) is 5.10 Å². The van der Waals surface area contributed by atoms with Crippen molar-refractivity contribution in [3.63, 3.8) is 0 Å². The lowest BCUT2D eigenvalue weighted by atomic mass is 9.87. The minimum atomic E-state index is -0.357. The van der Waals surface area contributed by atoms with Gasteiger partial charge in [0.25, 0.3) is 0 Å². The highest BCUT2D eigenvalue weighted by molar-refractivity contribution is 8.00. The standard InChI is InChI=1S/C30H38N4O5S/c1-30(2,3)28-26-27(22-10-7-8-11-23(22)39-6)40-19-25(36)33(18-24(35)31-16-9-17-37-4)29(26)34(32-28)20-12-14-21(38-5)15-13-20/h7-8,10-15,27H,9,16-19H2,1-6H3,(H,31,35). The smallest absolute Gasteiger partial charge is 0.240 e. The van der Waals surface area contributed by atoms with Crippen LogP contribution in [0.2, 0.25) is 0 Å². The van der Waals surface area contributed by atoms with Crippen molar-refractivity contribution in [2.45, 2.75) is 37.9 Å². The number of nitrogens with zero attached hydrogens (tertiary/aromatic N) is 3. The van der Waals surface area contributed by atoms with Crippen LogP contribution in [0.15, 0.2) is 48.5 Å². The van der Waals surface area contributed by atoms with E-state index in [-0.39, 0.29) is 34.8 Å². The Morgan fingerprint density at radius 2 is 1.80 bits per heavy atom. The average molecular weight is 567 g/mol. The number of thioether (sulfide) groups is 1. The first-order valence-electron chi connectivity index (χ1n) is 13.3. The first-order chi connectivity index (χ1) is 19.2. The van der Waals surface area contributed by atoms with E-state index >= 15 is 0 Å². The van der Waals surface area contributed by atoms with Crippen LogP contribution in [0.3, 0.4) is 0 Å². The van der Waals surface area contributed by atoms with E-state index in [4.69, 9.17) is 19.3 Å². The summed E-state index contributed by atoms with van der Waals surface area (Å²) in [5.74, 6) is 1.83. The molecule has 3 aromatic rings. The molecule has 2 heterocycles. The van der Waals surface area contributed by atoms with Crippen LogP contribution >= 0.6 is 11.8 Å². The molecule has 1 N–H and O–H groups in total. The monoisotopic (exact) mass is 566 g/mol. The van der Waals surface area contributed by atoms with Gasteiger partial charge in [-0.15, -0.1) is 11.8 Å². The van der Waals surface area contributed by atoms with E-state index < -0.39 is 0 Å². The van der Waals surface area contributed by atoms with Crippen LogP contribution in [0.25, 0.3) is 5.69 Å². The molecule has 40 heavy (non-hydrogen) atoms. The number of carbonyl (C=O) groups excluding carboxylic acids is 2. The lowest BCUT2D eigenvalue weighted by Crippen LogP contribution is -2.42. The fourth-order valence-corrected chi connectivity index (χ4v) is 5.97. The number of ether oxygens (including phenoxy) is 3. The molecule has 1 unspecified atom stereocenters. The molecule has 2 aromatic carbocycles. The van der Waals surface area contributed by atoms with Gasteiger partial charge < -0.3 is 19.5 Å². The molecule has 214 valence electrons. The molecule has 2 amide bonds. The van der Waals surface area contributed by atoms with Crippen LogP contribution in [0.5, 0.6) is 11.5 Å². The minimum Gasteiger partial charge on any atom is -0.497 e. The molecule has 0 saturated heterocycles. The first kappa shape index (κ1) is 29.5. The summed E-state index contributed by atoms with van der Waals surface area (Å²) in [6, 6.07) is 15.4. The zero-order valence-corrected chi connectivity index (χ0v) is 24.8. The molecule has 0 fully saturated rings. The third-order valence-corrected chi connectivity index (χ3v) is 7.92. The topological polar surface area (TPSA) is 94.9 Å². The lowest BCUT2D eigenvalue weighted by Gasteiger charge is -2.25. The number of methoxy groups -OCH3 is 3. The van der Waals surface area contributed by atoms with Gasteiger partial charge >= 0.3 is 0 Å². The van der Waals surface area contributed by atoms with Crippen LogP contribution in [-0.2, 0) is 19.7 Å². The number of anilines is 1. The average Bonchev–Trinajstić information content (AvgIpc) is 3.29. The summed E-state index contributed by atoms with van der Waals surface area (Å²) in [6.45, 7) is 7.21. The molecule has 0 aliphatic carbocycles. The Kier molecular flexibility index (Phi) is 9.42. The maximum Gasteiger partial charge on any atom is 0.240 e. The van der Waals surface area contributed by atoms with Crippen molar-refractivity contribution < 1.29 is 23.8 Å². The third-order valence-electron chi connectivity index (χ3n) is 6.69. The molecule has 1 aliphatic rings. The maximum atomic E-state index is 13.8. The van der Waals surface area contributed by atoms with Gasteiger partial charge in [0.1, 0.15) is 23.9 Å². The van der Waals surface area contributed by atoms with Crippen molar-refractivity contribution in [1.29, 1.82) is 0 Å². The van der Waals surface area contributed by atoms with Crippen LogP contribution < -0.4 is 19.7 Å². The number of nitrogens with one attached hydrogen (secondary N) is 1.